The number of aliphatic hydroxyl groups is 1. The number of fused-ring (bicyclic) bond motifs is 1. The number of nitrogens with zero attached hydrogens (tertiary/aromatic N) is 4. The quantitative estimate of drug-likeness (QED) is 0.384. The third-order valence-electron chi connectivity index (χ3n) is 8.18. The number of benzene rings is 1. The van der Waals surface area contributed by atoms with Gasteiger partial charge in [-0.1, -0.05) is 6.07 Å². The highest BCUT2D eigenvalue weighted by atomic mass is 19.1. The maximum Gasteiger partial charge on any atom is 0.253 e. The minimum Gasteiger partial charge on any atom is -0.389 e. The van der Waals surface area contributed by atoms with Crippen molar-refractivity contribution in [3.05, 3.63) is 51.7 Å². The van der Waals surface area contributed by atoms with Crippen LogP contribution >= 0.6 is 0 Å². The predicted octanol–water partition coefficient (Wildman–Crippen LogP) is 2.39. The lowest BCUT2D eigenvalue weighted by molar-refractivity contribution is -0.156. The number of carbonyl (C=O) groups is 1. The van der Waals surface area contributed by atoms with Crippen molar-refractivity contribution in [3.63, 3.8) is 0 Å². The molecule has 0 spiro atoms. The fourth-order valence-corrected chi connectivity index (χ4v) is 5.91. The minimum atomic E-state index is -0.995. The van der Waals surface area contributed by atoms with Crippen molar-refractivity contribution in [2.45, 2.75) is 64.4 Å². The molecule has 12 heteroatoms. The zero-order valence-corrected chi connectivity index (χ0v) is 24.7. The number of carbonyl (C=O) groups excluding carboxylic acids is 1. The summed E-state index contributed by atoms with van der Waals surface area (Å²) in [6.45, 7) is 10.2. The molecule has 11 nitrogen and oxygen atoms in total. The topological polar surface area (TPSA) is 131 Å². The van der Waals surface area contributed by atoms with Gasteiger partial charge < -0.3 is 29.8 Å². The van der Waals surface area contributed by atoms with Crippen molar-refractivity contribution in [1.29, 1.82) is 0 Å². The van der Waals surface area contributed by atoms with E-state index in [0.717, 1.165) is 11.9 Å². The highest BCUT2D eigenvalue weighted by molar-refractivity contribution is 5.86. The summed E-state index contributed by atoms with van der Waals surface area (Å²) in [5, 5.41) is 16.6. The first-order valence-corrected chi connectivity index (χ1v) is 14.3. The molecule has 1 aromatic carbocycles. The van der Waals surface area contributed by atoms with Gasteiger partial charge in [-0.05, 0) is 46.2 Å². The number of aliphatic hydroxyl groups excluding tert-OH is 1. The molecule has 2 aliphatic rings. The van der Waals surface area contributed by atoms with Crippen LogP contribution in [0.4, 0.5) is 10.3 Å². The fraction of sp³-hybridized carbons (Fsp3) is 0.533. The summed E-state index contributed by atoms with van der Waals surface area (Å²) < 4.78 is 28.4. The van der Waals surface area contributed by atoms with Gasteiger partial charge in [-0.2, -0.15) is 0 Å². The lowest BCUT2D eigenvalue weighted by Crippen LogP contribution is -2.57. The Morgan fingerprint density at radius 2 is 2.10 bits per heavy atom. The molecular formula is C30H39FN6O5. The van der Waals surface area contributed by atoms with Crippen LogP contribution in [0.25, 0.3) is 22.2 Å². The Bertz CT molecular complexity index is 1540. The molecule has 2 fully saturated rings. The number of hydrogen-bond acceptors (Lipinski definition) is 9. The van der Waals surface area contributed by atoms with Gasteiger partial charge in [0.1, 0.15) is 5.69 Å². The van der Waals surface area contributed by atoms with Gasteiger partial charge in [0, 0.05) is 61.5 Å². The molecule has 0 aliphatic carbocycles. The predicted molar refractivity (Wildman–Crippen MR) is 157 cm³/mol. The van der Waals surface area contributed by atoms with Crippen molar-refractivity contribution in [3.8, 4) is 11.3 Å². The van der Waals surface area contributed by atoms with Gasteiger partial charge in [0.05, 0.1) is 37.1 Å². The number of ether oxygens (including phenoxy) is 2. The lowest BCUT2D eigenvalue weighted by atomic mass is 10.0. The minimum absolute atomic E-state index is 0.0223. The zero-order valence-electron chi connectivity index (χ0n) is 24.7. The molecule has 2 aromatic heterocycles. The number of morpholine rings is 1. The van der Waals surface area contributed by atoms with E-state index in [9.17, 15) is 14.7 Å². The van der Waals surface area contributed by atoms with E-state index in [0.29, 0.717) is 61.3 Å². The van der Waals surface area contributed by atoms with Crippen LogP contribution in [0.3, 0.4) is 0 Å². The van der Waals surface area contributed by atoms with Crippen LogP contribution in [0.5, 0.6) is 0 Å². The highest BCUT2D eigenvalue weighted by Crippen LogP contribution is 2.30. The molecule has 2 aliphatic heterocycles. The second kappa shape index (κ2) is 12.0. The molecule has 3 N–H and O–H groups in total. The molecule has 0 bridgehead atoms. The number of rotatable bonds is 7. The number of amides is 1. The van der Waals surface area contributed by atoms with Crippen LogP contribution in [0.2, 0.25) is 0 Å². The molecule has 2 saturated heterocycles. The average Bonchev–Trinajstić information content (AvgIpc) is 2.97. The standard InChI is InChI=1S/C30H39FN6O5/c1-17(2)37-23-12-19(26-21(31)13-33-29(35-26)34-22-8-10-41-15-25(22)38)6-7-20(23)27(39)18(3)24(37)14-36-9-11-42-30(4,16-36)28(40)32-5/h6-7,12-13,17,22,25,38H,8-11,14-16H2,1-5H3,(H,32,40)(H,33,34,35)/t22-,25-,30-/m1/s1. The van der Waals surface area contributed by atoms with Crippen molar-refractivity contribution in [2.24, 2.45) is 0 Å². The Morgan fingerprint density at radius 1 is 1.31 bits per heavy atom. The smallest absolute Gasteiger partial charge is 0.253 e. The SMILES string of the molecule is CNC(=O)[C@@]1(C)CN(Cc2c(C)c(=O)c3ccc(-c4nc(N[C@@H]5CCOC[C@H]5O)ncc4F)cc3n2C(C)C)CCO1. The van der Waals surface area contributed by atoms with Crippen LogP contribution in [0.15, 0.2) is 29.2 Å². The summed E-state index contributed by atoms with van der Waals surface area (Å²) in [5.74, 6) is -0.588. The van der Waals surface area contributed by atoms with Gasteiger partial charge in [0.15, 0.2) is 16.8 Å². The fourth-order valence-electron chi connectivity index (χ4n) is 5.91. The summed E-state index contributed by atoms with van der Waals surface area (Å²) in [6, 6.07) is 4.88. The Balaban J connectivity index is 1.55. The van der Waals surface area contributed by atoms with E-state index in [2.05, 4.69) is 30.1 Å². The van der Waals surface area contributed by atoms with Crippen molar-refractivity contribution < 1.29 is 23.8 Å². The van der Waals surface area contributed by atoms with E-state index in [1.54, 1.807) is 32.2 Å². The molecule has 0 radical (unpaired) electrons. The van der Waals surface area contributed by atoms with E-state index in [-0.39, 0.29) is 41.7 Å². The third kappa shape index (κ3) is 5.76. The molecular weight excluding hydrogens is 543 g/mol. The van der Waals surface area contributed by atoms with Gasteiger partial charge in [-0.3, -0.25) is 14.5 Å². The number of hydrogen-bond donors (Lipinski definition) is 3. The van der Waals surface area contributed by atoms with Gasteiger partial charge >= 0.3 is 0 Å². The summed E-state index contributed by atoms with van der Waals surface area (Å²) in [4.78, 5) is 36.8. The zero-order chi connectivity index (χ0) is 30.2. The van der Waals surface area contributed by atoms with Crippen molar-refractivity contribution in [1.82, 2.24) is 24.8 Å². The number of nitrogens with one attached hydrogen (secondary N) is 2. The Kier molecular flexibility index (Phi) is 8.61. The van der Waals surface area contributed by atoms with Gasteiger partial charge in [-0.15, -0.1) is 0 Å². The molecule has 42 heavy (non-hydrogen) atoms. The Labute approximate surface area is 244 Å². The third-order valence-corrected chi connectivity index (χ3v) is 8.18. The first-order chi connectivity index (χ1) is 20.0. The molecule has 226 valence electrons. The van der Waals surface area contributed by atoms with E-state index in [1.807, 2.05) is 20.8 Å². The molecule has 1 amide bonds. The van der Waals surface area contributed by atoms with E-state index in [1.165, 1.54) is 0 Å². The normalized spacial score (nSPS) is 23.3. The summed E-state index contributed by atoms with van der Waals surface area (Å²) in [5.41, 5.74) is 1.64. The van der Waals surface area contributed by atoms with Crippen LogP contribution in [0.1, 0.15) is 44.5 Å². The van der Waals surface area contributed by atoms with Crippen LogP contribution in [-0.2, 0) is 20.8 Å². The van der Waals surface area contributed by atoms with Gasteiger partial charge in [0.25, 0.3) is 5.91 Å². The molecule has 3 aromatic rings. The van der Waals surface area contributed by atoms with Gasteiger partial charge in [0.2, 0.25) is 5.95 Å². The highest BCUT2D eigenvalue weighted by Gasteiger charge is 2.39. The van der Waals surface area contributed by atoms with E-state index < -0.39 is 17.5 Å². The maximum absolute atomic E-state index is 15.1. The summed E-state index contributed by atoms with van der Waals surface area (Å²) in [6.07, 6.45) is 0.958. The average molecular weight is 583 g/mol. The van der Waals surface area contributed by atoms with E-state index >= 15 is 4.39 Å². The van der Waals surface area contributed by atoms with Crippen LogP contribution < -0.4 is 16.1 Å². The van der Waals surface area contributed by atoms with Crippen molar-refractivity contribution in [2.75, 3.05) is 45.3 Å². The molecule has 0 saturated carbocycles. The number of anilines is 1. The molecule has 3 atom stereocenters. The van der Waals surface area contributed by atoms with Gasteiger partial charge in [-0.25, -0.2) is 14.4 Å². The largest absolute Gasteiger partial charge is 0.389 e. The Morgan fingerprint density at radius 3 is 2.81 bits per heavy atom. The first kappa shape index (κ1) is 30.0. The molecule has 4 heterocycles. The lowest BCUT2D eigenvalue weighted by Gasteiger charge is -2.39. The first-order valence-electron chi connectivity index (χ1n) is 14.3. The van der Waals surface area contributed by atoms with Crippen LogP contribution in [0, 0.1) is 12.7 Å². The number of likely N-dealkylation sites (N-methyl/N-ethyl adjacent to an activating group) is 1. The van der Waals surface area contributed by atoms with Crippen molar-refractivity contribution >= 4 is 22.8 Å². The second-order valence-corrected chi connectivity index (χ2v) is 11.5. The number of halogens is 1. The second-order valence-electron chi connectivity index (χ2n) is 11.5. The molecule has 0 unspecified atom stereocenters. The molecule has 5 rings (SSSR count). The van der Waals surface area contributed by atoms with Crippen LogP contribution in [-0.4, -0.2) is 88.2 Å². The number of aromatic nitrogens is 3. The number of pyridine rings is 1. The monoisotopic (exact) mass is 582 g/mol. The van der Waals surface area contributed by atoms with E-state index in [4.69, 9.17) is 9.47 Å². The maximum atomic E-state index is 15.1. The Hall–Kier alpha value is -3.45. The summed E-state index contributed by atoms with van der Waals surface area (Å²) in [7, 11) is 1.59. The summed E-state index contributed by atoms with van der Waals surface area (Å²) >= 11 is 0.